The van der Waals surface area contributed by atoms with Crippen LogP contribution in [-0.2, 0) is 0 Å². The van der Waals surface area contributed by atoms with E-state index in [0.717, 1.165) is 17.7 Å². The van der Waals surface area contributed by atoms with Crippen LogP contribution < -0.4 is 0 Å². The molecule has 0 atom stereocenters. The van der Waals surface area contributed by atoms with E-state index in [4.69, 9.17) is 11.6 Å². The molecular formula is C32H70BCl. The Hall–Kier alpha value is 0.0949. The van der Waals surface area contributed by atoms with Gasteiger partial charge in [-0.15, -0.1) is 0 Å². The summed E-state index contributed by atoms with van der Waals surface area (Å²) in [6.07, 6.45) is 11.7. The van der Waals surface area contributed by atoms with Crippen LogP contribution >= 0.6 is 11.6 Å². The van der Waals surface area contributed by atoms with Crippen molar-refractivity contribution in [3.05, 3.63) is 10.6 Å². The van der Waals surface area contributed by atoms with Gasteiger partial charge in [-0.05, 0) is 55.3 Å². The van der Waals surface area contributed by atoms with Crippen LogP contribution in [0.5, 0.6) is 0 Å². The molecule has 0 nitrogen and oxygen atoms in total. The molecule has 0 unspecified atom stereocenters. The third-order valence-electron chi connectivity index (χ3n) is 7.70. The normalized spacial score (nSPS) is 12.4. The van der Waals surface area contributed by atoms with E-state index in [1.54, 1.807) is 0 Å². The maximum Gasteiger partial charge on any atom is 0.136 e. The first kappa shape index (κ1) is 41.2. The zero-order valence-electron chi connectivity index (χ0n) is 27.4. The van der Waals surface area contributed by atoms with Gasteiger partial charge in [0, 0.05) is 5.03 Å². The molecular weight excluding hydrogens is 431 g/mol. The first-order valence-corrected chi connectivity index (χ1v) is 15.2. The average Bonchev–Trinajstić information content (AvgIpc) is 2.74. The van der Waals surface area contributed by atoms with E-state index >= 15 is 0 Å². The molecule has 0 radical (unpaired) electrons. The molecule has 0 aliphatic rings. The maximum atomic E-state index is 5.97. The van der Waals surface area contributed by atoms with E-state index in [1.807, 2.05) is 20.8 Å². The predicted octanol–water partition coefficient (Wildman–Crippen LogP) is 13.2. The largest absolute Gasteiger partial charge is 0.136 e. The molecule has 208 valence electrons. The quantitative estimate of drug-likeness (QED) is 0.247. The summed E-state index contributed by atoms with van der Waals surface area (Å²) in [5, 5.41) is 0.988. The van der Waals surface area contributed by atoms with Crippen LogP contribution in [0.1, 0.15) is 156 Å². The highest BCUT2D eigenvalue weighted by Gasteiger charge is 2.36. The molecule has 0 aliphatic heterocycles. The maximum absolute atomic E-state index is 5.97. The third kappa shape index (κ3) is 22.6. The number of hydrogen-bond donors (Lipinski definition) is 0. The fourth-order valence-electron chi connectivity index (χ4n) is 4.08. The Morgan fingerprint density at radius 2 is 1.15 bits per heavy atom. The summed E-state index contributed by atoms with van der Waals surface area (Å²) in [4.78, 5) is 0. The van der Waals surface area contributed by atoms with Gasteiger partial charge in [-0.1, -0.05) is 159 Å². The standard InChI is InChI=1S/C12H27B.C11H21Cl.C7H16.C2H6/c1-8-11(3,4)12(5,6)10-13(7)9-2;1-5-7-11(8-6-2)9(3)10(4)12;1-5-6-7(2,3)4;1-2/h8-10H2,1-7H3;11H,5-8H2,1-4H3;5-6H2,1-4H3;1-2H3/b;10-9-;;. The number of halogens is 1. The molecule has 0 bridgehead atoms. The van der Waals surface area contributed by atoms with Crippen molar-refractivity contribution in [1.29, 1.82) is 0 Å². The van der Waals surface area contributed by atoms with Gasteiger partial charge in [-0.25, -0.2) is 0 Å². The SMILES string of the molecule is CC.CCB(C)CC(C)(C)C(C)(C)CC.CCCC(C)(C)C.CCCC(CCC)/C(C)=C(/C)Cl. The molecule has 0 aliphatic carbocycles. The zero-order valence-corrected chi connectivity index (χ0v) is 28.2. The molecule has 0 saturated carbocycles. The average molecular weight is 501 g/mol. The Bertz CT molecular complexity index is 458. The fraction of sp³-hybridized carbons (Fsp3) is 0.938. The molecule has 0 aromatic carbocycles. The Morgan fingerprint density at radius 3 is 1.35 bits per heavy atom. The molecule has 2 heteroatoms. The van der Waals surface area contributed by atoms with Gasteiger partial charge in [0.05, 0.1) is 0 Å². The molecule has 0 heterocycles. The van der Waals surface area contributed by atoms with Gasteiger partial charge in [-0.2, -0.15) is 0 Å². The molecule has 0 amide bonds. The van der Waals surface area contributed by atoms with Crippen molar-refractivity contribution in [2.24, 2.45) is 22.2 Å². The van der Waals surface area contributed by atoms with Crippen LogP contribution in [0.4, 0.5) is 0 Å². The lowest BCUT2D eigenvalue weighted by Gasteiger charge is -2.42. The van der Waals surface area contributed by atoms with Gasteiger partial charge in [0.2, 0.25) is 0 Å². The number of allylic oxidation sites excluding steroid dienone is 2. The third-order valence-corrected chi connectivity index (χ3v) is 8.00. The summed E-state index contributed by atoms with van der Waals surface area (Å²) in [6.45, 7) is 39.1. The van der Waals surface area contributed by atoms with Gasteiger partial charge in [0.15, 0.2) is 0 Å². The molecule has 34 heavy (non-hydrogen) atoms. The van der Waals surface area contributed by atoms with Gasteiger partial charge < -0.3 is 0 Å². The summed E-state index contributed by atoms with van der Waals surface area (Å²) in [6, 6.07) is 0. The van der Waals surface area contributed by atoms with Gasteiger partial charge >= 0.3 is 0 Å². The molecule has 0 spiro atoms. The van der Waals surface area contributed by atoms with Crippen LogP contribution in [-0.4, -0.2) is 6.71 Å². The monoisotopic (exact) mass is 501 g/mol. The summed E-state index contributed by atoms with van der Waals surface area (Å²) in [7, 11) is 0. The minimum absolute atomic E-state index is 0.469. The molecule has 0 aromatic heterocycles. The van der Waals surface area contributed by atoms with Crippen molar-refractivity contribution in [3.8, 4) is 0 Å². The minimum Gasteiger partial charge on any atom is -0.0895 e. The second-order valence-corrected chi connectivity index (χ2v) is 13.2. The second-order valence-electron chi connectivity index (χ2n) is 12.6. The Morgan fingerprint density at radius 1 is 0.735 bits per heavy atom. The first-order valence-electron chi connectivity index (χ1n) is 14.8. The van der Waals surface area contributed by atoms with Crippen molar-refractivity contribution >= 4 is 18.3 Å². The van der Waals surface area contributed by atoms with Crippen LogP contribution in [0, 0.1) is 22.2 Å². The van der Waals surface area contributed by atoms with Gasteiger partial charge in [-0.3, -0.25) is 0 Å². The van der Waals surface area contributed by atoms with Crippen LogP contribution in [0.25, 0.3) is 0 Å². The lowest BCUT2D eigenvalue weighted by Crippen LogP contribution is -2.34. The topological polar surface area (TPSA) is 0 Å². The molecule has 0 fully saturated rings. The van der Waals surface area contributed by atoms with E-state index in [0.29, 0.717) is 16.2 Å². The highest BCUT2D eigenvalue weighted by Crippen LogP contribution is 2.45. The summed E-state index contributed by atoms with van der Waals surface area (Å²) < 4.78 is 0. The van der Waals surface area contributed by atoms with Crippen molar-refractivity contribution in [3.63, 3.8) is 0 Å². The lowest BCUT2D eigenvalue weighted by atomic mass is 9.40. The van der Waals surface area contributed by atoms with E-state index < -0.39 is 0 Å². The molecule has 0 saturated heterocycles. The zero-order chi connectivity index (χ0) is 28.2. The van der Waals surface area contributed by atoms with Gasteiger partial charge in [0.25, 0.3) is 0 Å². The van der Waals surface area contributed by atoms with E-state index in [2.05, 4.69) is 96.8 Å². The van der Waals surface area contributed by atoms with Crippen molar-refractivity contribution in [1.82, 2.24) is 0 Å². The predicted molar refractivity (Wildman–Crippen MR) is 168 cm³/mol. The van der Waals surface area contributed by atoms with Crippen LogP contribution in [0.3, 0.4) is 0 Å². The molecule has 0 rings (SSSR count). The van der Waals surface area contributed by atoms with E-state index in [-0.39, 0.29) is 0 Å². The lowest BCUT2D eigenvalue weighted by molar-refractivity contribution is 0.125. The fourth-order valence-corrected chi connectivity index (χ4v) is 4.23. The smallest absolute Gasteiger partial charge is 0.0895 e. The molecule has 0 N–H and O–H groups in total. The Labute approximate surface area is 226 Å². The van der Waals surface area contributed by atoms with Crippen molar-refractivity contribution < 1.29 is 0 Å². The number of hydrogen-bond acceptors (Lipinski definition) is 0. The van der Waals surface area contributed by atoms with Crippen LogP contribution in [0.2, 0.25) is 19.5 Å². The summed E-state index contributed by atoms with van der Waals surface area (Å²) in [5.41, 5.74) is 2.88. The highest BCUT2D eigenvalue weighted by molar-refractivity contribution is 6.57. The minimum atomic E-state index is 0.469. The van der Waals surface area contributed by atoms with E-state index in [1.165, 1.54) is 63.2 Å². The Balaban J connectivity index is -0.000000199. The first-order chi connectivity index (χ1) is 15.5. The van der Waals surface area contributed by atoms with E-state index in [9.17, 15) is 0 Å². The van der Waals surface area contributed by atoms with Gasteiger partial charge in [0.1, 0.15) is 6.71 Å². The van der Waals surface area contributed by atoms with Crippen molar-refractivity contribution in [2.75, 3.05) is 0 Å². The van der Waals surface area contributed by atoms with Crippen molar-refractivity contribution in [2.45, 2.75) is 175 Å². The highest BCUT2D eigenvalue weighted by atomic mass is 35.5. The number of rotatable bonds is 11. The van der Waals surface area contributed by atoms with Crippen LogP contribution in [0.15, 0.2) is 10.6 Å². The Kier molecular flexibility index (Phi) is 27.0. The second kappa shape index (κ2) is 22.3. The molecule has 0 aromatic rings. The summed E-state index contributed by atoms with van der Waals surface area (Å²) in [5.74, 6) is 0.720. The summed E-state index contributed by atoms with van der Waals surface area (Å²) >= 11 is 5.97.